The van der Waals surface area contributed by atoms with Gasteiger partial charge in [0, 0.05) is 11.1 Å². The molecule has 0 aliphatic rings. The number of nitrogens with zero attached hydrogens (tertiary/aromatic N) is 2. The molecule has 2 N–H and O–H groups in total. The molecule has 0 bridgehead atoms. The van der Waals surface area contributed by atoms with Gasteiger partial charge in [-0.3, -0.25) is 0 Å². The van der Waals surface area contributed by atoms with Gasteiger partial charge in [0.2, 0.25) is 0 Å². The van der Waals surface area contributed by atoms with Crippen molar-refractivity contribution in [3.05, 3.63) is 48.0 Å². The first-order chi connectivity index (χ1) is 10.6. The maximum atomic E-state index is 14.1. The van der Waals surface area contributed by atoms with E-state index in [-0.39, 0.29) is 17.7 Å². The average Bonchev–Trinajstić information content (AvgIpc) is 2.49. The molecule has 2 aromatic rings. The van der Waals surface area contributed by atoms with Crippen molar-refractivity contribution in [2.45, 2.75) is 32.3 Å². The second kappa shape index (κ2) is 7.66. The number of aliphatic hydroxyl groups excluding tert-OH is 1. The number of aliphatic hydroxyl groups is 1. The predicted octanol–water partition coefficient (Wildman–Crippen LogP) is 3.55. The fourth-order valence-corrected chi connectivity index (χ4v) is 2.01. The summed E-state index contributed by atoms with van der Waals surface area (Å²) in [4.78, 5) is 7.91. The lowest BCUT2D eigenvalue weighted by molar-refractivity contribution is 0.182. The molecular weight excluding hydrogens is 283 g/mol. The highest BCUT2D eigenvalue weighted by Crippen LogP contribution is 2.20. The molecule has 5 heteroatoms. The Morgan fingerprint density at radius 2 is 2.00 bits per heavy atom. The van der Waals surface area contributed by atoms with Crippen molar-refractivity contribution >= 4 is 6.08 Å². The Hall–Kier alpha value is -2.27. The molecule has 22 heavy (non-hydrogen) atoms. The number of aromatic hydroxyl groups is 1. The quantitative estimate of drug-likeness (QED) is 0.801. The van der Waals surface area contributed by atoms with Crippen LogP contribution in [0.4, 0.5) is 4.39 Å². The van der Waals surface area contributed by atoms with E-state index in [2.05, 4.69) is 9.97 Å². The van der Waals surface area contributed by atoms with E-state index in [0.29, 0.717) is 17.0 Å². The first-order valence-electron chi connectivity index (χ1n) is 7.22. The molecule has 1 heterocycles. The third-order valence-corrected chi connectivity index (χ3v) is 3.19. The number of halogens is 1. The molecule has 116 valence electrons. The largest absolute Gasteiger partial charge is 0.505 e. The highest BCUT2D eigenvalue weighted by Gasteiger charge is 2.05. The van der Waals surface area contributed by atoms with E-state index in [1.165, 1.54) is 18.5 Å². The molecule has 0 aliphatic heterocycles. The minimum Gasteiger partial charge on any atom is -0.505 e. The maximum Gasteiger partial charge on any atom is 0.159 e. The van der Waals surface area contributed by atoms with Gasteiger partial charge in [-0.15, -0.1) is 0 Å². The number of unbranched alkanes of at least 4 members (excludes halogenated alkanes) is 1. The van der Waals surface area contributed by atoms with Crippen LogP contribution in [0.15, 0.2) is 36.7 Å². The monoisotopic (exact) mass is 302 g/mol. The summed E-state index contributed by atoms with van der Waals surface area (Å²) in [6.07, 6.45) is 8.30. The summed E-state index contributed by atoms with van der Waals surface area (Å²) in [6, 6.07) is 4.79. The van der Waals surface area contributed by atoms with Crippen molar-refractivity contribution < 1.29 is 14.6 Å². The number of hydrogen-bond donors (Lipinski definition) is 2. The number of hydrogen-bond acceptors (Lipinski definition) is 4. The first kappa shape index (κ1) is 16.1. The average molecular weight is 302 g/mol. The Morgan fingerprint density at radius 3 is 2.64 bits per heavy atom. The highest BCUT2D eigenvalue weighted by atomic mass is 19.1. The van der Waals surface area contributed by atoms with Gasteiger partial charge in [-0.1, -0.05) is 24.3 Å². The summed E-state index contributed by atoms with van der Waals surface area (Å²) in [6.45, 7) is 1.76. The molecule has 0 saturated carbocycles. The van der Waals surface area contributed by atoms with Crippen molar-refractivity contribution in [3.8, 4) is 17.1 Å². The molecular formula is C17H19FN2O2. The van der Waals surface area contributed by atoms with Crippen molar-refractivity contribution in [2.75, 3.05) is 0 Å². The number of rotatable bonds is 6. The fourth-order valence-electron chi connectivity index (χ4n) is 2.01. The van der Waals surface area contributed by atoms with Crippen molar-refractivity contribution in [1.29, 1.82) is 0 Å². The van der Waals surface area contributed by atoms with Crippen LogP contribution in [0.25, 0.3) is 17.5 Å². The number of aromatic nitrogens is 2. The number of allylic oxidation sites excluding steroid dienone is 1. The minimum absolute atomic E-state index is 0.0269. The molecule has 4 nitrogen and oxygen atoms in total. The lowest BCUT2D eigenvalue weighted by Gasteiger charge is -2.03. The van der Waals surface area contributed by atoms with E-state index < -0.39 is 0 Å². The Balaban J connectivity index is 2.03. The molecule has 0 radical (unpaired) electrons. The zero-order valence-corrected chi connectivity index (χ0v) is 12.4. The topological polar surface area (TPSA) is 66.2 Å². The number of benzene rings is 1. The van der Waals surface area contributed by atoms with E-state index in [4.69, 9.17) is 10.2 Å². The predicted molar refractivity (Wildman–Crippen MR) is 83.7 cm³/mol. The summed E-state index contributed by atoms with van der Waals surface area (Å²) < 4.78 is 14.1. The van der Waals surface area contributed by atoms with Crippen LogP contribution in [-0.4, -0.2) is 26.3 Å². The third-order valence-electron chi connectivity index (χ3n) is 3.19. The smallest absolute Gasteiger partial charge is 0.159 e. The molecule has 0 saturated heterocycles. The lowest BCUT2D eigenvalue weighted by Crippen LogP contribution is -1.97. The fraction of sp³-hybridized carbons (Fsp3) is 0.294. The van der Waals surface area contributed by atoms with E-state index in [1.807, 2.05) is 6.08 Å². The van der Waals surface area contributed by atoms with Gasteiger partial charge in [-0.05, 0) is 32.3 Å². The third kappa shape index (κ3) is 4.63. The molecule has 1 atom stereocenters. The van der Waals surface area contributed by atoms with Crippen LogP contribution in [0.1, 0.15) is 31.7 Å². The van der Waals surface area contributed by atoms with Gasteiger partial charge in [0.15, 0.2) is 11.6 Å². The molecule has 2 rings (SSSR count). The molecule has 0 spiro atoms. The van der Waals surface area contributed by atoms with Crippen LogP contribution in [0.5, 0.6) is 5.75 Å². The molecule has 0 aliphatic carbocycles. The van der Waals surface area contributed by atoms with Crippen molar-refractivity contribution in [2.24, 2.45) is 0 Å². The summed E-state index contributed by atoms with van der Waals surface area (Å²) in [5.41, 5.74) is 1.06. The van der Waals surface area contributed by atoms with Crippen LogP contribution in [0.2, 0.25) is 0 Å². The Morgan fingerprint density at radius 1 is 1.27 bits per heavy atom. The van der Waals surface area contributed by atoms with Crippen molar-refractivity contribution in [1.82, 2.24) is 9.97 Å². The van der Waals surface area contributed by atoms with Gasteiger partial charge in [0.1, 0.15) is 5.82 Å². The summed E-state index contributed by atoms with van der Waals surface area (Å²) in [5.74, 6) is -0.00825. The Kier molecular flexibility index (Phi) is 5.61. The van der Waals surface area contributed by atoms with Gasteiger partial charge in [0.05, 0.1) is 18.5 Å². The van der Waals surface area contributed by atoms with E-state index in [0.717, 1.165) is 19.3 Å². The molecule has 0 fully saturated rings. The van der Waals surface area contributed by atoms with E-state index in [9.17, 15) is 4.39 Å². The van der Waals surface area contributed by atoms with Crippen LogP contribution >= 0.6 is 0 Å². The van der Waals surface area contributed by atoms with Crippen LogP contribution in [0.3, 0.4) is 0 Å². The zero-order valence-electron chi connectivity index (χ0n) is 12.4. The highest BCUT2D eigenvalue weighted by molar-refractivity contribution is 5.60. The summed E-state index contributed by atoms with van der Waals surface area (Å²) in [5, 5.41) is 18.3. The minimum atomic E-state index is -0.346. The second-order valence-corrected chi connectivity index (χ2v) is 5.18. The molecule has 1 aromatic heterocycles. The van der Waals surface area contributed by atoms with Gasteiger partial charge in [0.25, 0.3) is 0 Å². The van der Waals surface area contributed by atoms with Crippen LogP contribution in [0, 0.1) is 5.82 Å². The lowest BCUT2D eigenvalue weighted by atomic mass is 10.1. The molecule has 1 aromatic carbocycles. The Bertz CT molecular complexity index is 640. The van der Waals surface area contributed by atoms with Crippen LogP contribution < -0.4 is 0 Å². The Labute approximate surface area is 129 Å². The molecule has 1 unspecified atom stereocenters. The van der Waals surface area contributed by atoms with Gasteiger partial charge in [-0.25, -0.2) is 14.4 Å². The van der Waals surface area contributed by atoms with E-state index >= 15 is 0 Å². The normalized spacial score (nSPS) is 12.7. The van der Waals surface area contributed by atoms with Crippen molar-refractivity contribution in [3.63, 3.8) is 0 Å². The molecule has 0 amide bonds. The summed E-state index contributed by atoms with van der Waals surface area (Å²) >= 11 is 0. The summed E-state index contributed by atoms with van der Waals surface area (Å²) in [7, 11) is 0. The maximum absolute atomic E-state index is 14.1. The zero-order chi connectivity index (χ0) is 15.9. The SMILES string of the molecule is CC(O)CCCC=Cc1ccc(-c2ncc(O)cn2)cc1F. The first-order valence-corrected chi connectivity index (χ1v) is 7.22. The van der Waals surface area contributed by atoms with E-state index in [1.54, 1.807) is 25.1 Å². The van der Waals surface area contributed by atoms with Gasteiger partial charge < -0.3 is 10.2 Å². The van der Waals surface area contributed by atoms with Gasteiger partial charge in [-0.2, -0.15) is 0 Å². The second-order valence-electron chi connectivity index (χ2n) is 5.18. The van der Waals surface area contributed by atoms with Crippen LogP contribution in [-0.2, 0) is 0 Å². The standard InChI is InChI=1S/C17H19FN2O2/c1-12(21)5-3-2-4-6-13-7-8-14(9-16(13)18)17-19-10-15(22)11-20-17/h4,6-12,21-22H,2-3,5H2,1H3. The van der Waals surface area contributed by atoms with Gasteiger partial charge >= 0.3 is 0 Å².